The molecule has 0 aromatic heterocycles. The van der Waals surface area contributed by atoms with Crippen LogP contribution in [-0.4, -0.2) is 0 Å². The molecule has 0 saturated heterocycles. The van der Waals surface area contributed by atoms with E-state index in [1.54, 1.807) is 0 Å². The van der Waals surface area contributed by atoms with Crippen molar-refractivity contribution >= 4 is 0 Å². The fourth-order valence-electron chi connectivity index (χ4n) is 1.23. The molecule has 0 nitrogen and oxygen atoms in total. The minimum Gasteiger partial charge on any atom is -0.103 e. The van der Waals surface area contributed by atoms with Gasteiger partial charge in [0.05, 0.1) is 0 Å². The molecule has 0 fully saturated rings. The second-order valence-electron chi connectivity index (χ2n) is 3.25. The molecule has 1 aromatic carbocycles. The quantitative estimate of drug-likeness (QED) is 0.594. The Balaban J connectivity index is 2.75. The van der Waals surface area contributed by atoms with Gasteiger partial charge >= 0.3 is 0 Å². The standard InChI is InChI=1S/C12H16/c1-4-5-6-12-8-7-10(2)11(3)9-12/h4,7-9H,1,5-6H2,2-3H3. The molecular weight excluding hydrogens is 144 g/mol. The molecule has 0 heteroatoms. The van der Waals surface area contributed by atoms with Gasteiger partial charge in [-0.05, 0) is 43.4 Å². The summed E-state index contributed by atoms with van der Waals surface area (Å²) in [4.78, 5) is 0. The van der Waals surface area contributed by atoms with Gasteiger partial charge in [0.15, 0.2) is 0 Å². The van der Waals surface area contributed by atoms with Gasteiger partial charge in [-0.1, -0.05) is 24.3 Å². The minimum atomic E-state index is 1.07. The van der Waals surface area contributed by atoms with Crippen molar-refractivity contribution in [2.24, 2.45) is 0 Å². The predicted octanol–water partition coefficient (Wildman–Crippen LogP) is 3.42. The first-order valence-electron chi connectivity index (χ1n) is 4.41. The maximum Gasteiger partial charge on any atom is -0.0244 e. The van der Waals surface area contributed by atoms with Crippen molar-refractivity contribution in [2.45, 2.75) is 26.7 Å². The van der Waals surface area contributed by atoms with E-state index in [0.29, 0.717) is 0 Å². The van der Waals surface area contributed by atoms with Crippen LogP contribution in [0.3, 0.4) is 0 Å². The van der Waals surface area contributed by atoms with Crippen LogP contribution >= 0.6 is 0 Å². The molecule has 0 N–H and O–H groups in total. The third-order valence-corrected chi connectivity index (χ3v) is 2.21. The van der Waals surface area contributed by atoms with E-state index in [0.717, 1.165) is 12.8 Å². The maximum absolute atomic E-state index is 3.72. The molecule has 0 spiro atoms. The summed E-state index contributed by atoms with van der Waals surface area (Å²) >= 11 is 0. The highest BCUT2D eigenvalue weighted by molar-refractivity contribution is 5.30. The monoisotopic (exact) mass is 160 g/mol. The van der Waals surface area contributed by atoms with Crippen molar-refractivity contribution in [3.63, 3.8) is 0 Å². The molecule has 64 valence electrons. The van der Waals surface area contributed by atoms with E-state index in [1.165, 1.54) is 16.7 Å². The van der Waals surface area contributed by atoms with E-state index in [-0.39, 0.29) is 0 Å². The number of benzene rings is 1. The summed E-state index contributed by atoms with van der Waals surface area (Å²) in [5, 5.41) is 0. The van der Waals surface area contributed by atoms with E-state index in [2.05, 4.69) is 38.6 Å². The molecule has 12 heavy (non-hydrogen) atoms. The first-order chi connectivity index (χ1) is 5.74. The topological polar surface area (TPSA) is 0 Å². The number of rotatable bonds is 3. The van der Waals surface area contributed by atoms with E-state index in [9.17, 15) is 0 Å². The zero-order valence-corrected chi connectivity index (χ0v) is 7.93. The SMILES string of the molecule is C=CCCc1ccc(C)c(C)c1. The zero-order valence-electron chi connectivity index (χ0n) is 7.93. The van der Waals surface area contributed by atoms with E-state index in [1.807, 2.05) is 6.08 Å². The summed E-state index contributed by atoms with van der Waals surface area (Å²) in [5.41, 5.74) is 4.17. The molecule has 1 rings (SSSR count). The van der Waals surface area contributed by atoms with Gasteiger partial charge in [-0.2, -0.15) is 0 Å². The van der Waals surface area contributed by atoms with Crippen molar-refractivity contribution in [1.29, 1.82) is 0 Å². The molecule has 0 bridgehead atoms. The van der Waals surface area contributed by atoms with Crippen molar-refractivity contribution in [3.05, 3.63) is 47.5 Å². The average molecular weight is 160 g/mol. The molecule has 0 aliphatic rings. The summed E-state index contributed by atoms with van der Waals surface area (Å²) in [5.74, 6) is 0. The van der Waals surface area contributed by atoms with Gasteiger partial charge in [0.1, 0.15) is 0 Å². The van der Waals surface area contributed by atoms with Gasteiger partial charge in [-0.15, -0.1) is 6.58 Å². The average Bonchev–Trinajstić information content (AvgIpc) is 2.07. The number of hydrogen-bond donors (Lipinski definition) is 0. The first kappa shape index (κ1) is 9.05. The van der Waals surface area contributed by atoms with Crippen LogP contribution in [0.1, 0.15) is 23.1 Å². The lowest BCUT2D eigenvalue weighted by atomic mass is 10.0. The van der Waals surface area contributed by atoms with Crippen LogP contribution in [0.2, 0.25) is 0 Å². The lowest BCUT2D eigenvalue weighted by Crippen LogP contribution is -1.86. The smallest absolute Gasteiger partial charge is 0.0244 e. The second kappa shape index (κ2) is 4.10. The lowest BCUT2D eigenvalue weighted by Gasteiger charge is -2.03. The minimum absolute atomic E-state index is 1.07. The maximum atomic E-state index is 3.72. The third-order valence-electron chi connectivity index (χ3n) is 2.21. The summed E-state index contributed by atoms with van der Waals surface area (Å²) in [6, 6.07) is 6.65. The Bertz CT molecular complexity index is 271. The van der Waals surface area contributed by atoms with E-state index < -0.39 is 0 Å². The van der Waals surface area contributed by atoms with Gasteiger partial charge < -0.3 is 0 Å². The molecule has 0 aliphatic carbocycles. The fourth-order valence-corrected chi connectivity index (χ4v) is 1.23. The van der Waals surface area contributed by atoms with Crippen molar-refractivity contribution in [3.8, 4) is 0 Å². The Morgan fingerprint density at radius 3 is 2.58 bits per heavy atom. The first-order valence-corrected chi connectivity index (χ1v) is 4.41. The van der Waals surface area contributed by atoms with Crippen LogP contribution in [0, 0.1) is 13.8 Å². The van der Waals surface area contributed by atoms with Gasteiger partial charge in [0, 0.05) is 0 Å². The largest absolute Gasteiger partial charge is 0.103 e. The highest BCUT2D eigenvalue weighted by Gasteiger charge is 1.94. The Hall–Kier alpha value is -1.04. The fraction of sp³-hybridized carbons (Fsp3) is 0.333. The van der Waals surface area contributed by atoms with Crippen LogP contribution in [0.25, 0.3) is 0 Å². The molecule has 1 aromatic rings. The van der Waals surface area contributed by atoms with Crippen molar-refractivity contribution < 1.29 is 0 Å². The van der Waals surface area contributed by atoms with Gasteiger partial charge in [-0.3, -0.25) is 0 Å². The van der Waals surface area contributed by atoms with Gasteiger partial charge in [0.2, 0.25) is 0 Å². The van der Waals surface area contributed by atoms with Crippen LogP contribution in [0.15, 0.2) is 30.9 Å². The van der Waals surface area contributed by atoms with E-state index in [4.69, 9.17) is 0 Å². The normalized spacial score (nSPS) is 9.83. The van der Waals surface area contributed by atoms with Gasteiger partial charge in [-0.25, -0.2) is 0 Å². The van der Waals surface area contributed by atoms with Crippen molar-refractivity contribution in [1.82, 2.24) is 0 Å². The van der Waals surface area contributed by atoms with Crippen LogP contribution < -0.4 is 0 Å². The molecular formula is C12H16. The molecule has 0 unspecified atom stereocenters. The molecule has 0 saturated carbocycles. The highest BCUT2D eigenvalue weighted by Crippen LogP contribution is 2.11. The Kier molecular flexibility index (Phi) is 3.09. The highest BCUT2D eigenvalue weighted by atomic mass is 14.0. The molecule has 0 heterocycles. The number of aryl methyl sites for hydroxylation is 3. The number of hydrogen-bond acceptors (Lipinski definition) is 0. The molecule has 0 amide bonds. The summed E-state index contributed by atoms with van der Waals surface area (Å²) < 4.78 is 0. The Labute approximate surface area is 74.9 Å². The summed E-state index contributed by atoms with van der Waals surface area (Å²) in [6.07, 6.45) is 4.16. The Morgan fingerprint density at radius 1 is 1.25 bits per heavy atom. The van der Waals surface area contributed by atoms with Crippen LogP contribution in [0.4, 0.5) is 0 Å². The summed E-state index contributed by atoms with van der Waals surface area (Å²) in [6.45, 7) is 8.02. The Morgan fingerprint density at radius 2 is 2.00 bits per heavy atom. The van der Waals surface area contributed by atoms with E-state index >= 15 is 0 Å². The van der Waals surface area contributed by atoms with Crippen LogP contribution in [-0.2, 0) is 6.42 Å². The lowest BCUT2D eigenvalue weighted by molar-refractivity contribution is 0.999. The molecule has 0 atom stereocenters. The van der Waals surface area contributed by atoms with Crippen LogP contribution in [0.5, 0.6) is 0 Å². The zero-order chi connectivity index (χ0) is 8.97. The van der Waals surface area contributed by atoms with Gasteiger partial charge in [0.25, 0.3) is 0 Å². The number of allylic oxidation sites excluding steroid dienone is 1. The molecule has 0 radical (unpaired) electrons. The van der Waals surface area contributed by atoms with Crippen molar-refractivity contribution in [2.75, 3.05) is 0 Å². The molecule has 0 aliphatic heterocycles. The third kappa shape index (κ3) is 2.23. The summed E-state index contributed by atoms with van der Waals surface area (Å²) in [7, 11) is 0. The predicted molar refractivity (Wildman–Crippen MR) is 54.4 cm³/mol. The second-order valence-corrected chi connectivity index (χ2v) is 3.25.